The summed E-state index contributed by atoms with van der Waals surface area (Å²) < 4.78 is 13.1. The molecule has 1 N–H and O–H groups in total. The molecule has 2 aliphatic rings. The van der Waals surface area contributed by atoms with Crippen molar-refractivity contribution in [1.29, 1.82) is 0 Å². The van der Waals surface area contributed by atoms with E-state index in [4.69, 9.17) is 21.1 Å². The fourth-order valence-corrected chi connectivity index (χ4v) is 7.13. The number of methoxy groups -OCH3 is 2. The molecular formula is C29H29ClN4O3S. The highest BCUT2D eigenvalue weighted by molar-refractivity contribution is 7.15. The molecule has 0 saturated carbocycles. The van der Waals surface area contributed by atoms with Crippen LogP contribution in [0.15, 0.2) is 60.8 Å². The zero-order chi connectivity index (χ0) is 26.4. The average Bonchev–Trinajstić information content (AvgIpc) is 3.49. The van der Waals surface area contributed by atoms with Crippen LogP contribution in [0.5, 0.6) is 11.5 Å². The van der Waals surface area contributed by atoms with E-state index in [0.29, 0.717) is 28.8 Å². The highest BCUT2D eigenvalue weighted by Crippen LogP contribution is 2.44. The molecule has 7 nitrogen and oxygen atoms in total. The van der Waals surface area contributed by atoms with Crippen LogP contribution < -0.4 is 14.8 Å². The number of nitrogens with one attached hydrogen (secondary N) is 1. The van der Waals surface area contributed by atoms with Gasteiger partial charge in [-0.05, 0) is 61.0 Å². The topological polar surface area (TPSA) is 59.0 Å². The number of hydrogen-bond acceptors (Lipinski definition) is 5. The van der Waals surface area contributed by atoms with Gasteiger partial charge in [0.05, 0.1) is 32.5 Å². The molecule has 0 saturated heterocycles. The third-order valence-corrected chi connectivity index (χ3v) is 8.81. The first-order valence-corrected chi connectivity index (χ1v) is 13.7. The van der Waals surface area contributed by atoms with Crippen molar-refractivity contribution in [3.05, 3.63) is 93.1 Å². The number of carbonyl (C=O) groups excluding carboxylic acids is 1. The van der Waals surface area contributed by atoms with E-state index in [1.54, 1.807) is 26.4 Å². The van der Waals surface area contributed by atoms with Gasteiger partial charge in [-0.2, -0.15) is 0 Å². The van der Waals surface area contributed by atoms with E-state index in [0.717, 1.165) is 30.8 Å². The first-order valence-electron chi connectivity index (χ1n) is 12.5. The van der Waals surface area contributed by atoms with Crippen molar-refractivity contribution in [2.24, 2.45) is 0 Å². The first kappa shape index (κ1) is 24.9. The second kappa shape index (κ2) is 10.0. The Bertz CT molecular complexity index is 1510. The lowest BCUT2D eigenvalue weighted by atomic mass is 10.0. The molecule has 0 fully saturated rings. The highest BCUT2D eigenvalue weighted by Gasteiger charge is 2.36. The number of hydrogen-bond donors (Lipinski definition) is 1. The maximum absolute atomic E-state index is 14.1. The number of halogens is 1. The van der Waals surface area contributed by atoms with Gasteiger partial charge in [-0.25, -0.2) is 4.79 Å². The average molecular weight is 549 g/mol. The van der Waals surface area contributed by atoms with Gasteiger partial charge in [-0.1, -0.05) is 23.7 Å². The van der Waals surface area contributed by atoms with Crippen LogP contribution in [0.3, 0.4) is 0 Å². The molecule has 2 aromatic carbocycles. The van der Waals surface area contributed by atoms with E-state index < -0.39 is 0 Å². The Kier molecular flexibility index (Phi) is 6.55. The number of benzene rings is 2. The van der Waals surface area contributed by atoms with Crippen LogP contribution in [0.1, 0.15) is 33.3 Å². The lowest BCUT2D eigenvalue weighted by Crippen LogP contribution is -2.38. The molecule has 4 aromatic rings. The van der Waals surface area contributed by atoms with Crippen molar-refractivity contribution in [3.63, 3.8) is 0 Å². The number of rotatable bonds is 4. The number of likely N-dealkylation sites (N-methyl/N-ethyl adjacent to an activating group) is 1. The predicted octanol–water partition coefficient (Wildman–Crippen LogP) is 6.33. The van der Waals surface area contributed by atoms with Crippen LogP contribution in [0.25, 0.3) is 5.00 Å². The number of nitrogens with zero attached hydrogens (tertiary/aromatic N) is 3. The third kappa shape index (κ3) is 4.32. The van der Waals surface area contributed by atoms with Crippen LogP contribution in [0.4, 0.5) is 10.5 Å². The lowest BCUT2D eigenvalue weighted by molar-refractivity contribution is 0.194. The van der Waals surface area contributed by atoms with Crippen molar-refractivity contribution in [3.8, 4) is 16.5 Å². The fourth-order valence-electron chi connectivity index (χ4n) is 5.49. The Hall–Kier alpha value is -3.46. The molecule has 1 atom stereocenters. The summed E-state index contributed by atoms with van der Waals surface area (Å²) in [5.41, 5.74) is 5.22. The Morgan fingerprint density at radius 3 is 2.66 bits per heavy atom. The molecule has 196 valence electrons. The molecule has 2 aliphatic heterocycles. The number of amides is 2. The van der Waals surface area contributed by atoms with Gasteiger partial charge in [0.25, 0.3) is 0 Å². The van der Waals surface area contributed by atoms with Gasteiger partial charge in [0.2, 0.25) is 0 Å². The molecule has 2 amide bonds. The summed E-state index contributed by atoms with van der Waals surface area (Å²) in [4.78, 5) is 19.8. The quantitative estimate of drug-likeness (QED) is 0.323. The zero-order valence-electron chi connectivity index (χ0n) is 21.5. The molecule has 38 heavy (non-hydrogen) atoms. The molecular weight excluding hydrogens is 520 g/mol. The Morgan fingerprint density at radius 2 is 1.87 bits per heavy atom. The van der Waals surface area contributed by atoms with E-state index in [1.165, 1.54) is 21.0 Å². The summed E-state index contributed by atoms with van der Waals surface area (Å²) in [5.74, 6) is 1.16. The number of urea groups is 1. The van der Waals surface area contributed by atoms with Gasteiger partial charge in [0.15, 0.2) is 11.5 Å². The summed E-state index contributed by atoms with van der Waals surface area (Å²) in [6, 6.07) is 16.8. The van der Waals surface area contributed by atoms with Gasteiger partial charge in [-0.15, -0.1) is 11.3 Å². The summed E-state index contributed by atoms with van der Waals surface area (Å²) >= 11 is 8.28. The molecule has 0 bridgehead atoms. The minimum Gasteiger partial charge on any atom is -0.493 e. The number of ether oxygens (including phenoxy) is 2. The number of aromatic nitrogens is 1. The van der Waals surface area contributed by atoms with E-state index in [2.05, 4.69) is 40.2 Å². The minimum absolute atomic E-state index is 0.198. The minimum atomic E-state index is -0.328. The molecule has 9 heteroatoms. The molecule has 0 spiro atoms. The molecule has 2 aromatic heterocycles. The zero-order valence-corrected chi connectivity index (χ0v) is 23.1. The fraction of sp³-hybridized carbons (Fsp3) is 0.276. The van der Waals surface area contributed by atoms with E-state index in [1.807, 2.05) is 46.6 Å². The van der Waals surface area contributed by atoms with Crippen molar-refractivity contribution in [2.45, 2.75) is 25.6 Å². The highest BCUT2D eigenvalue weighted by atomic mass is 35.5. The normalized spacial score (nSPS) is 16.7. The van der Waals surface area contributed by atoms with Crippen molar-refractivity contribution in [2.75, 3.05) is 33.1 Å². The van der Waals surface area contributed by atoms with E-state index in [9.17, 15) is 4.79 Å². The SMILES string of the molecule is COc1ccc(NC(=O)N2Cc3c(sc4c3CCN(C)C4)-n3cccc3[C@H]2c2cccc(Cl)c2)cc1OC. The second-order valence-corrected chi connectivity index (χ2v) is 11.2. The van der Waals surface area contributed by atoms with Crippen molar-refractivity contribution >= 4 is 34.7 Å². The van der Waals surface area contributed by atoms with Crippen LogP contribution >= 0.6 is 22.9 Å². The summed E-state index contributed by atoms with van der Waals surface area (Å²) in [6.45, 7) is 2.42. The van der Waals surface area contributed by atoms with Crippen LogP contribution in [0, 0.1) is 0 Å². The summed E-state index contributed by atoms with van der Waals surface area (Å²) in [5, 5.41) is 4.95. The third-order valence-electron chi connectivity index (χ3n) is 7.32. The maximum Gasteiger partial charge on any atom is 0.322 e. The number of thiophene rings is 1. The van der Waals surface area contributed by atoms with Crippen molar-refractivity contribution in [1.82, 2.24) is 14.4 Å². The summed E-state index contributed by atoms with van der Waals surface area (Å²) in [7, 11) is 5.34. The van der Waals surface area contributed by atoms with E-state index >= 15 is 0 Å². The van der Waals surface area contributed by atoms with Gasteiger partial charge in [0.1, 0.15) is 5.00 Å². The number of anilines is 1. The summed E-state index contributed by atoms with van der Waals surface area (Å²) in [6.07, 6.45) is 3.08. The second-order valence-electron chi connectivity index (χ2n) is 9.66. The van der Waals surface area contributed by atoms with E-state index in [-0.39, 0.29) is 12.1 Å². The Balaban J connectivity index is 1.46. The first-order chi connectivity index (χ1) is 18.5. The molecule has 6 rings (SSSR count). The van der Waals surface area contributed by atoms with Crippen LogP contribution in [-0.2, 0) is 19.5 Å². The molecule has 0 unspecified atom stereocenters. The molecule has 4 heterocycles. The largest absolute Gasteiger partial charge is 0.493 e. The van der Waals surface area contributed by atoms with Crippen LogP contribution in [0.2, 0.25) is 5.02 Å². The lowest BCUT2D eigenvalue weighted by Gasteiger charge is -2.32. The Morgan fingerprint density at radius 1 is 1.03 bits per heavy atom. The molecule has 0 radical (unpaired) electrons. The smallest absolute Gasteiger partial charge is 0.322 e. The number of fused-ring (bicyclic) bond motifs is 5. The van der Waals surface area contributed by atoms with Gasteiger partial charge in [-0.3, -0.25) is 0 Å². The van der Waals surface area contributed by atoms with Gasteiger partial charge < -0.3 is 29.2 Å². The standard InChI is InChI=1S/C29H29ClN4O3S/c1-32-13-11-21-22-16-34(29(35)31-20-9-10-24(36-2)25(15-20)37-3)27(18-6-4-7-19(30)14-18)23-8-5-12-33(23)28(22)38-26(21)17-32/h4-10,12,14-15,27H,11,13,16-17H2,1-3H3,(H,31,35)/t27-/m1/s1. The predicted molar refractivity (Wildman–Crippen MR) is 151 cm³/mol. The van der Waals surface area contributed by atoms with Crippen molar-refractivity contribution < 1.29 is 14.3 Å². The Labute approximate surface area is 231 Å². The maximum atomic E-state index is 14.1. The van der Waals surface area contributed by atoms with Gasteiger partial charge >= 0.3 is 6.03 Å². The van der Waals surface area contributed by atoms with Crippen LogP contribution in [-0.4, -0.2) is 48.2 Å². The number of carbonyl (C=O) groups is 1. The van der Waals surface area contributed by atoms with Gasteiger partial charge in [0, 0.05) is 46.5 Å². The monoisotopic (exact) mass is 548 g/mol. The molecule has 0 aliphatic carbocycles.